The summed E-state index contributed by atoms with van der Waals surface area (Å²) in [6.07, 6.45) is 20.0. The molecule has 4 rings (SSSR count). The zero-order valence-electron chi connectivity index (χ0n) is 19.8. The van der Waals surface area contributed by atoms with Crippen LogP contribution in [0.15, 0.2) is 12.2 Å². The molecule has 0 saturated heterocycles. The van der Waals surface area contributed by atoms with E-state index in [4.69, 9.17) is 0 Å². The normalized spacial score (nSPS) is 48.8. The molecule has 0 radical (unpaired) electrons. The van der Waals surface area contributed by atoms with Crippen molar-refractivity contribution in [1.82, 2.24) is 0 Å². The number of allylic oxidation sites excluding steroid dienone is 2. The molecule has 28 heavy (non-hydrogen) atoms. The van der Waals surface area contributed by atoms with Crippen molar-refractivity contribution >= 4 is 0 Å². The van der Waals surface area contributed by atoms with Crippen molar-refractivity contribution in [2.24, 2.45) is 58.2 Å². The molecule has 0 aromatic carbocycles. The summed E-state index contributed by atoms with van der Waals surface area (Å²) < 4.78 is 0. The van der Waals surface area contributed by atoms with Gasteiger partial charge in [0.1, 0.15) is 0 Å². The minimum atomic E-state index is 0.597. The molecular weight excluding hydrogens is 336 g/mol. The molecule has 9 atom stereocenters. The van der Waals surface area contributed by atoms with Crippen molar-refractivity contribution in [2.75, 3.05) is 0 Å². The number of hydrogen-bond acceptors (Lipinski definition) is 0. The summed E-state index contributed by atoms with van der Waals surface area (Å²) >= 11 is 0. The lowest BCUT2D eigenvalue weighted by atomic mass is 9.44. The van der Waals surface area contributed by atoms with Crippen LogP contribution in [0.5, 0.6) is 0 Å². The van der Waals surface area contributed by atoms with Crippen molar-refractivity contribution < 1.29 is 0 Å². The van der Waals surface area contributed by atoms with Crippen LogP contribution in [0.4, 0.5) is 0 Å². The van der Waals surface area contributed by atoms with Gasteiger partial charge in [0.2, 0.25) is 0 Å². The van der Waals surface area contributed by atoms with Crippen molar-refractivity contribution in [3.05, 3.63) is 12.2 Å². The first-order chi connectivity index (χ1) is 13.3. The lowest BCUT2D eigenvalue weighted by Gasteiger charge is -2.61. The highest BCUT2D eigenvalue weighted by Gasteiger charge is 2.60. The summed E-state index contributed by atoms with van der Waals surface area (Å²) in [7, 11) is 0. The van der Waals surface area contributed by atoms with Crippen LogP contribution >= 0.6 is 0 Å². The second-order valence-corrected chi connectivity index (χ2v) is 12.6. The minimum absolute atomic E-state index is 0.597. The van der Waals surface area contributed by atoms with E-state index in [0.717, 1.165) is 47.3 Å². The van der Waals surface area contributed by atoms with Crippen LogP contribution < -0.4 is 0 Å². The number of hydrogen-bond donors (Lipinski definition) is 0. The van der Waals surface area contributed by atoms with Crippen molar-refractivity contribution in [2.45, 2.75) is 106 Å². The van der Waals surface area contributed by atoms with Crippen LogP contribution in [0, 0.1) is 58.2 Å². The van der Waals surface area contributed by atoms with E-state index in [1.165, 1.54) is 57.8 Å². The van der Waals surface area contributed by atoms with Crippen LogP contribution in [0.1, 0.15) is 106 Å². The zero-order valence-corrected chi connectivity index (χ0v) is 19.8. The first-order valence-electron chi connectivity index (χ1n) is 12.9. The molecule has 0 heterocycles. The van der Waals surface area contributed by atoms with E-state index in [1.807, 2.05) is 0 Å². The standard InChI is InChI=1S/C28H48/c1-19(2)9-7-10-20(3)24-14-15-25-22-12-13-23-21(4)11-8-17-27(23,5)26(22)16-18-28(24,25)6/h8,11,19-26H,7,9-10,12-18H2,1-6H3/t20-,21-,22+,23+,24-,25+,26+,27+,28-/m1/s1. The third kappa shape index (κ3) is 3.33. The summed E-state index contributed by atoms with van der Waals surface area (Å²) in [5, 5.41) is 0. The summed E-state index contributed by atoms with van der Waals surface area (Å²) in [5.74, 6) is 7.65. The van der Waals surface area contributed by atoms with Gasteiger partial charge in [-0.1, -0.05) is 73.0 Å². The van der Waals surface area contributed by atoms with E-state index in [9.17, 15) is 0 Å². The summed E-state index contributed by atoms with van der Waals surface area (Å²) in [6.45, 7) is 15.3. The third-order valence-electron chi connectivity index (χ3n) is 10.8. The Hall–Kier alpha value is -0.260. The smallest absolute Gasteiger partial charge is 0.0226 e. The fourth-order valence-corrected chi connectivity index (χ4v) is 9.35. The Kier molecular flexibility index (Phi) is 5.83. The van der Waals surface area contributed by atoms with Gasteiger partial charge in [-0.3, -0.25) is 0 Å². The average Bonchev–Trinajstić information content (AvgIpc) is 2.98. The molecule has 0 unspecified atom stereocenters. The molecule has 3 fully saturated rings. The molecule has 4 aliphatic rings. The molecule has 4 aliphatic carbocycles. The predicted octanol–water partition coefficient (Wildman–Crippen LogP) is 8.52. The van der Waals surface area contributed by atoms with Crippen LogP contribution in [-0.4, -0.2) is 0 Å². The fraction of sp³-hybridized carbons (Fsp3) is 0.929. The van der Waals surface area contributed by atoms with Crippen LogP contribution in [-0.2, 0) is 0 Å². The van der Waals surface area contributed by atoms with Gasteiger partial charge in [0.15, 0.2) is 0 Å². The molecule has 0 aromatic rings. The second-order valence-electron chi connectivity index (χ2n) is 12.6. The summed E-state index contributed by atoms with van der Waals surface area (Å²) in [6, 6.07) is 0. The summed E-state index contributed by atoms with van der Waals surface area (Å²) in [5.41, 5.74) is 1.25. The second kappa shape index (κ2) is 7.77. The van der Waals surface area contributed by atoms with Gasteiger partial charge in [0.25, 0.3) is 0 Å². The zero-order chi connectivity index (χ0) is 20.1. The van der Waals surface area contributed by atoms with Crippen molar-refractivity contribution in [3.63, 3.8) is 0 Å². The molecule has 0 heteroatoms. The first-order valence-corrected chi connectivity index (χ1v) is 12.9. The Morgan fingerprint density at radius 1 is 0.857 bits per heavy atom. The molecule has 0 bridgehead atoms. The Labute approximate surface area is 176 Å². The van der Waals surface area contributed by atoms with Gasteiger partial charge >= 0.3 is 0 Å². The van der Waals surface area contributed by atoms with Gasteiger partial charge in [-0.25, -0.2) is 0 Å². The fourth-order valence-electron chi connectivity index (χ4n) is 9.35. The first kappa shape index (κ1) is 21.0. The highest BCUT2D eigenvalue weighted by molar-refractivity contribution is 5.13. The van der Waals surface area contributed by atoms with Crippen molar-refractivity contribution in [1.29, 1.82) is 0 Å². The Morgan fingerprint density at radius 2 is 1.57 bits per heavy atom. The number of fused-ring (bicyclic) bond motifs is 5. The largest absolute Gasteiger partial charge is 0.0877 e. The van der Waals surface area contributed by atoms with Crippen LogP contribution in [0.25, 0.3) is 0 Å². The lowest BCUT2D eigenvalue weighted by molar-refractivity contribution is -0.109. The number of rotatable bonds is 5. The van der Waals surface area contributed by atoms with E-state index < -0.39 is 0 Å². The average molecular weight is 385 g/mol. The molecule has 0 N–H and O–H groups in total. The van der Waals surface area contributed by atoms with Gasteiger partial charge in [0.05, 0.1) is 0 Å². The van der Waals surface area contributed by atoms with Gasteiger partial charge in [-0.05, 0) is 103 Å². The predicted molar refractivity (Wildman–Crippen MR) is 122 cm³/mol. The van der Waals surface area contributed by atoms with E-state index >= 15 is 0 Å². The lowest BCUT2D eigenvalue weighted by Crippen LogP contribution is -2.53. The molecule has 0 nitrogen and oxygen atoms in total. The molecular formula is C28H48. The maximum Gasteiger partial charge on any atom is -0.0226 e. The molecule has 0 aliphatic heterocycles. The van der Waals surface area contributed by atoms with Gasteiger partial charge < -0.3 is 0 Å². The van der Waals surface area contributed by atoms with Crippen LogP contribution in [0.3, 0.4) is 0 Å². The summed E-state index contributed by atoms with van der Waals surface area (Å²) in [4.78, 5) is 0. The Bertz CT molecular complexity index is 573. The van der Waals surface area contributed by atoms with Gasteiger partial charge in [0, 0.05) is 0 Å². The van der Waals surface area contributed by atoms with Gasteiger partial charge in [-0.2, -0.15) is 0 Å². The molecule has 0 spiro atoms. The van der Waals surface area contributed by atoms with E-state index in [0.29, 0.717) is 10.8 Å². The molecule has 160 valence electrons. The van der Waals surface area contributed by atoms with E-state index in [-0.39, 0.29) is 0 Å². The maximum absolute atomic E-state index is 2.74. The quantitative estimate of drug-likeness (QED) is 0.417. The Morgan fingerprint density at radius 3 is 2.32 bits per heavy atom. The highest BCUT2D eigenvalue weighted by atomic mass is 14.6. The van der Waals surface area contributed by atoms with E-state index in [1.54, 1.807) is 6.42 Å². The SMILES string of the molecule is CC(C)CCC[C@@H](C)[C@H]1CC[C@H]2[C@@H]3CC[C@H]4[C@H](C)C=CC[C@]4(C)[C@H]3CC[C@]12C. The van der Waals surface area contributed by atoms with Crippen molar-refractivity contribution in [3.8, 4) is 0 Å². The third-order valence-corrected chi connectivity index (χ3v) is 10.8. The topological polar surface area (TPSA) is 0 Å². The monoisotopic (exact) mass is 384 g/mol. The van der Waals surface area contributed by atoms with E-state index in [2.05, 4.69) is 53.7 Å². The minimum Gasteiger partial charge on any atom is -0.0877 e. The van der Waals surface area contributed by atoms with Crippen LogP contribution in [0.2, 0.25) is 0 Å². The Balaban J connectivity index is 1.48. The molecule has 0 aromatic heterocycles. The van der Waals surface area contributed by atoms with Gasteiger partial charge in [-0.15, -0.1) is 0 Å². The molecule has 3 saturated carbocycles. The maximum atomic E-state index is 2.74. The molecule has 0 amide bonds. The highest BCUT2D eigenvalue weighted by Crippen LogP contribution is 2.68.